The van der Waals surface area contributed by atoms with E-state index in [2.05, 4.69) is 20.9 Å². The van der Waals surface area contributed by atoms with Crippen LogP contribution in [0.2, 0.25) is 0 Å². The SMILES string of the molecule is CCCNC(=O)c1cccc(CN=C(NCC)NC2CCN(C(=O)OCC)CC2)c1. The zero-order valence-electron chi connectivity index (χ0n) is 18.4. The van der Waals surface area contributed by atoms with Gasteiger partial charge in [0.25, 0.3) is 5.91 Å². The van der Waals surface area contributed by atoms with Crippen LogP contribution in [0.5, 0.6) is 0 Å². The van der Waals surface area contributed by atoms with Gasteiger partial charge in [-0.05, 0) is 50.8 Å². The van der Waals surface area contributed by atoms with Gasteiger partial charge in [-0.25, -0.2) is 9.79 Å². The smallest absolute Gasteiger partial charge is 0.409 e. The van der Waals surface area contributed by atoms with E-state index in [4.69, 9.17) is 4.74 Å². The Bertz CT molecular complexity index is 714. The van der Waals surface area contributed by atoms with Crippen molar-refractivity contribution in [3.05, 3.63) is 35.4 Å². The summed E-state index contributed by atoms with van der Waals surface area (Å²) in [7, 11) is 0. The maximum atomic E-state index is 12.2. The Balaban J connectivity index is 1.92. The molecule has 8 heteroatoms. The minimum Gasteiger partial charge on any atom is -0.450 e. The first kappa shape index (κ1) is 23.5. The number of rotatable bonds is 8. The molecule has 0 atom stereocenters. The molecule has 1 aromatic carbocycles. The summed E-state index contributed by atoms with van der Waals surface area (Å²) in [6.45, 7) is 9.52. The van der Waals surface area contributed by atoms with E-state index in [1.54, 1.807) is 4.90 Å². The predicted octanol–water partition coefficient (Wildman–Crippen LogP) is 2.50. The Morgan fingerprint density at radius 2 is 1.93 bits per heavy atom. The number of nitrogens with zero attached hydrogens (tertiary/aromatic N) is 2. The highest BCUT2D eigenvalue weighted by Gasteiger charge is 2.24. The van der Waals surface area contributed by atoms with Crippen molar-refractivity contribution in [2.45, 2.75) is 52.6 Å². The van der Waals surface area contributed by atoms with Crippen LogP contribution in [-0.4, -0.2) is 61.7 Å². The summed E-state index contributed by atoms with van der Waals surface area (Å²) in [5.41, 5.74) is 1.63. The third kappa shape index (κ3) is 7.57. The summed E-state index contributed by atoms with van der Waals surface area (Å²) in [6.07, 6.45) is 2.36. The van der Waals surface area contributed by atoms with Crippen LogP contribution in [0.15, 0.2) is 29.3 Å². The molecule has 1 fully saturated rings. The molecule has 0 aliphatic carbocycles. The molecule has 3 N–H and O–H groups in total. The van der Waals surface area contributed by atoms with E-state index in [0.29, 0.717) is 38.3 Å². The van der Waals surface area contributed by atoms with E-state index in [9.17, 15) is 9.59 Å². The lowest BCUT2D eigenvalue weighted by atomic mass is 10.1. The predicted molar refractivity (Wildman–Crippen MR) is 119 cm³/mol. The average Bonchev–Trinajstić information content (AvgIpc) is 2.77. The summed E-state index contributed by atoms with van der Waals surface area (Å²) in [6, 6.07) is 7.81. The zero-order chi connectivity index (χ0) is 21.8. The van der Waals surface area contributed by atoms with Crippen molar-refractivity contribution in [2.75, 3.05) is 32.8 Å². The van der Waals surface area contributed by atoms with E-state index in [1.165, 1.54) is 0 Å². The third-order valence-electron chi connectivity index (χ3n) is 4.85. The quantitative estimate of drug-likeness (QED) is 0.446. The molecule has 1 saturated heterocycles. The number of aliphatic imine (C=N–C) groups is 1. The van der Waals surface area contributed by atoms with Crippen molar-refractivity contribution in [1.29, 1.82) is 0 Å². The van der Waals surface area contributed by atoms with Crippen LogP contribution in [0.4, 0.5) is 4.79 Å². The topological polar surface area (TPSA) is 95.1 Å². The second-order valence-electron chi connectivity index (χ2n) is 7.26. The number of carbonyl (C=O) groups excluding carboxylic acids is 2. The molecule has 1 aliphatic heterocycles. The Morgan fingerprint density at radius 1 is 1.17 bits per heavy atom. The average molecular weight is 418 g/mol. The van der Waals surface area contributed by atoms with E-state index in [-0.39, 0.29) is 18.0 Å². The number of carbonyl (C=O) groups is 2. The van der Waals surface area contributed by atoms with Gasteiger partial charge in [0.1, 0.15) is 0 Å². The Labute approximate surface area is 179 Å². The summed E-state index contributed by atoms with van der Waals surface area (Å²) in [5, 5.41) is 9.64. The van der Waals surface area contributed by atoms with Gasteiger partial charge in [-0.1, -0.05) is 19.1 Å². The van der Waals surface area contributed by atoms with Crippen molar-refractivity contribution in [3.63, 3.8) is 0 Å². The van der Waals surface area contributed by atoms with E-state index < -0.39 is 0 Å². The van der Waals surface area contributed by atoms with Crippen molar-refractivity contribution in [2.24, 2.45) is 4.99 Å². The Kier molecular flexibility index (Phi) is 9.97. The molecular weight excluding hydrogens is 382 g/mol. The highest BCUT2D eigenvalue weighted by Crippen LogP contribution is 2.12. The standard InChI is InChI=1S/C22H35N5O3/c1-4-12-24-20(28)18-9-7-8-17(15-18)16-25-21(23-5-2)26-19-10-13-27(14-11-19)22(29)30-6-3/h7-9,15,19H,4-6,10-14,16H2,1-3H3,(H,24,28)(H2,23,25,26). The maximum Gasteiger partial charge on any atom is 0.409 e. The first-order valence-corrected chi connectivity index (χ1v) is 10.9. The van der Waals surface area contributed by atoms with Crippen LogP contribution in [-0.2, 0) is 11.3 Å². The van der Waals surface area contributed by atoms with Crippen LogP contribution < -0.4 is 16.0 Å². The van der Waals surface area contributed by atoms with E-state index in [0.717, 1.165) is 37.3 Å². The number of piperidine rings is 1. The van der Waals surface area contributed by atoms with Gasteiger partial charge in [0.05, 0.1) is 13.2 Å². The monoisotopic (exact) mass is 417 g/mol. The second-order valence-corrected chi connectivity index (χ2v) is 7.26. The lowest BCUT2D eigenvalue weighted by Crippen LogP contribution is -2.49. The number of benzene rings is 1. The fourth-order valence-electron chi connectivity index (χ4n) is 3.26. The lowest BCUT2D eigenvalue weighted by Gasteiger charge is -2.32. The number of guanidine groups is 1. The maximum absolute atomic E-state index is 12.2. The van der Waals surface area contributed by atoms with Gasteiger partial charge >= 0.3 is 6.09 Å². The molecule has 1 heterocycles. The molecule has 0 radical (unpaired) electrons. The molecule has 1 aromatic rings. The number of hydrogen-bond acceptors (Lipinski definition) is 4. The summed E-state index contributed by atoms with van der Waals surface area (Å²) >= 11 is 0. The molecule has 2 amide bonds. The van der Waals surface area contributed by atoms with Gasteiger partial charge in [0.15, 0.2) is 5.96 Å². The first-order chi connectivity index (χ1) is 14.6. The second kappa shape index (κ2) is 12.7. The van der Waals surface area contributed by atoms with Gasteiger partial charge in [-0.3, -0.25) is 4.79 Å². The highest BCUT2D eigenvalue weighted by molar-refractivity contribution is 5.94. The van der Waals surface area contributed by atoms with Gasteiger partial charge < -0.3 is 25.6 Å². The molecule has 1 aliphatic rings. The van der Waals surface area contributed by atoms with Gasteiger partial charge in [0, 0.05) is 37.8 Å². The van der Waals surface area contributed by atoms with Crippen molar-refractivity contribution >= 4 is 18.0 Å². The minimum absolute atomic E-state index is 0.0546. The van der Waals surface area contributed by atoms with Crippen molar-refractivity contribution in [1.82, 2.24) is 20.9 Å². The lowest BCUT2D eigenvalue weighted by molar-refractivity contribution is 0.0949. The fourth-order valence-corrected chi connectivity index (χ4v) is 3.26. The number of likely N-dealkylation sites (tertiary alicyclic amines) is 1. The number of amides is 2. The third-order valence-corrected chi connectivity index (χ3v) is 4.85. The molecule has 2 rings (SSSR count). The first-order valence-electron chi connectivity index (χ1n) is 10.9. The zero-order valence-corrected chi connectivity index (χ0v) is 18.4. The van der Waals surface area contributed by atoms with Crippen LogP contribution in [0, 0.1) is 0 Å². The molecule has 8 nitrogen and oxygen atoms in total. The summed E-state index contributed by atoms with van der Waals surface area (Å²) in [4.78, 5) is 30.4. The molecule has 166 valence electrons. The van der Waals surface area contributed by atoms with Crippen LogP contribution in [0.25, 0.3) is 0 Å². The van der Waals surface area contributed by atoms with Gasteiger partial charge in [-0.2, -0.15) is 0 Å². The number of nitrogens with one attached hydrogen (secondary N) is 3. The van der Waals surface area contributed by atoms with E-state index in [1.807, 2.05) is 45.0 Å². The normalized spacial score (nSPS) is 14.9. The van der Waals surface area contributed by atoms with Crippen LogP contribution in [0.1, 0.15) is 56.0 Å². The summed E-state index contributed by atoms with van der Waals surface area (Å²) in [5.74, 6) is 0.689. The summed E-state index contributed by atoms with van der Waals surface area (Å²) < 4.78 is 5.07. The number of hydrogen-bond donors (Lipinski definition) is 3. The van der Waals surface area contributed by atoms with Crippen LogP contribution >= 0.6 is 0 Å². The molecular formula is C22H35N5O3. The van der Waals surface area contributed by atoms with Crippen molar-refractivity contribution in [3.8, 4) is 0 Å². The molecule has 0 aromatic heterocycles. The molecule has 0 bridgehead atoms. The van der Waals surface area contributed by atoms with Crippen LogP contribution in [0.3, 0.4) is 0 Å². The van der Waals surface area contributed by atoms with Crippen molar-refractivity contribution < 1.29 is 14.3 Å². The van der Waals surface area contributed by atoms with Gasteiger partial charge in [-0.15, -0.1) is 0 Å². The molecule has 0 saturated carbocycles. The van der Waals surface area contributed by atoms with E-state index >= 15 is 0 Å². The van der Waals surface area contributed by atoms with Gasteiger partial charge in [0.2, 0.25) is 0 Å². The Hall–Kier alpha value is -2.77. The fraction of sp³-hybridized carbons (Fsp3) is 0.591. The highest BCUT2D eigenvalue weighted by atomic mass is 16.6. The largest absolute Gasteiger partial charge is 0.450 e. The molecule has 0 spiro atoms. The Morgan fingerprint density at radius 3 is 2.60 bits per heavy atom. The number of ether oxygens (including phenoxy) is 1. The molecule has 30 heavy (non-hydrogen) atoms. The molecule has 0 unspecified atom stereocenters. The minimum atomic E-state index is -0.237.